The largest absolute Gasteiger partial charge is 0.473 e. The van der Waals surface area contributed by atoms with Crippen molar-refractivity contribution in [3.8, 4) is 0 Å². The van der Waals surface area contributed by atoms with E-state index < -0.39 is 0 Å². The summed E-state index contributed by atoms with van der Waals surface area (Å²) in [6.07, 6.45) is 7.71. The predicted octanol–water partition coefficient (Wildman–Crippen LogP) is 2.55. The molecule has 101 valence electrons. The Balaban J connectivity index is 0.00000133. The lowest BCUT2D eigenvalue weighted by Crippen LogP contribution is -2.41. The van der Waals surface area contributed by atoms with Crippen molar-refractivity contribution < 1.29 is 9.31 Å². The molecule has 0 aromatic rings. The fourth-order valence-electron chi connectivity index (χ4n) is 2.05. The standard InChI is InChI=1S/C13H16BN2O2.ClH/c1-12(2)13(3,4)18-14(17-12)10-5-6-11-9(7-10)8-15-16-11;/h5-8H,1-4H3;1H. The van der Waals surface area contributed by atoms with Gasteiger partial charge in [0, 0.05) is 5.57 Å². The molecule has 0 saturated carbocycles. The van der Waals surface area contributed by atoms with E-state index in [4.69, 9.17) is 9.31 Å². The van der Waals surface area contributed by atoms with Crippen LogP contribution in [0.2, 0.25) is 0 Å². The molecule has 1 fully saturated rings. The molecule has 3 aliphatic rings. The van der Waals surface area contributed by atoms with Crippen molar-refractivity contribution in [1.82, 2.24) is 0 Å². The Bertz CT molecular complexity index is 493. The zero-order chi connectivity index (χ0) is 13.0. The molecule has 0 aromatic heterocycles. The second kappa shape index (κ2) is 4.58. The van der Waals surface area contributed by atoms with E-state index in [1.807, 2.05) is 18.2 Å². The molecule has 0 amide bonds. The second-order valence-electron chi connectivity index (χ2n) is 5.75. The summed E-state index contributed by atoms with van der Waals surface area (Å²) in [5.74, 6) is 1.01. The summed E-state index contributed by atoms with van der Waals surface area (Å²) in [4.78, 5) is 0. The zero-order valence-corrected chi connectivity index (χ0v) is 12.3. The zero-order valence-electron chi connectivity index (χ0n) is 11.5. The van der Waals surface area contributed by atoms with Crippen molar-refractivity contribution in [3.05, 3.63) is 29.6 Å². The topological polar surface area (TPSA) is 43.2 Å². The lowest BCUT2D eigenvalue weighted by molar-refractivity contribution is 0.00578. The van der Waals surface area contributed by atoms with Crippen LogP contribution in [0.15, 0.2) is 34.0 Å². The number of rotatable bonds is 1. The molecule has 2 heterocycles. The molecule has 6 heteroatoms. The Morgan fingerprint density at radius 1 is 1.05 bits per heavy atom. The van der Waals surface area contributed by atoms with E-state index in [0.29, 0.717) is 0 Å². The fraction of sp³-hybridized carbons (Fsp3) is 0.462. The Hall–Kier alpha value is -0.905. The smallest absolute Gasteiger partial charge is 0.402 e. The maximum Gasteiger partial charge on any atom is 0.473 e. The van der Waals surface area contributed by atoms with E-state index in [0.717, 1.165) is 17.1 Å². The SMILES string of the molecule is CC1(C)OB([C]2C=CC3=NN=CC3=C2)OC1(C)C.Cl. The van der Waals surface area contributed by atoms with Gasteiger partial charge >= 0.3 is 7.12 Å². The van der Waals surface area contributed by atoms with Crippen molar-refractivity contribution in [3.63, 3.8) is 0 Å². The fourth-order valence-corrected chi connectivity index (χ4v) is 2.05. The number of allylic oxidation sites excluding steroid dienone is 4. The number of hydrogen-bond acceptors (Lipinski definition) is 4. The minimum absolute atomic E-state index is 0. The summed E-state index contributed by atoms with van der Waals surface area (Å²) in [5, 5.41) is 7.91. The van der Waals surface area contributed by atoms with Gasteiger partial charge in [0.05, 0.1) is 28.9 Å². The monoisotopic (exact) mass is 279 g/mol. The van der Waals surface area contributed by atoms with Crippen LogP contribution in [0.25, 0.3) is 0 Å². The molecule has 0 N–H and O–H groups in total. The quantitative estimate of drug-likeness (QED) is 0.692. The molecule has 0 aromatic carbocycles. The molecule has 2 aliphatic heterocycles. The van der Waals surface area contributed by atoms with Crippen LogP contribution in [-0.2, 0) is 9.31 Å². The van der Waals surface area contributed by atoms with E-state index >= 15 is 0 Å². The van der Waals surface area contributed by atoms with Gasteiger partial charge in [-0.3, -0.25) is 0 Å². The van der Waals surface area contributed by atoms with Crippen LogP contribution < -0.4 is 0 Å². The first kappa shape index (κ1) is 14.5. The number of halogens is 1. The molecule has 0 bridgehead atoms. The Labute approximate surface area is 120 Å². The number of hydrogen-bond donors (Lipinski definition) is 0. The first-order chi connectivity index (χ1) is 8.39. The van der Waals surface area contributed by atoms with E-state index in [9.17, 15) is 0 Å². The highest BCUT2D eigenvalue weighted by atomic mass is 35.5. The first-order valence-corrected chi connectivity index (χ1v) is 6.13. The van der Waals surface area contributed by atoms with Crippen LogP contribution >= 0.6 is 12.4 Å². The third-order valence-corrected chi connectivity index (χ3v) is 3.94. The average molecular weight is 280 g/mol. The van der Waals surface area contributed by atoms with Crippen molar-refractivity contribution in [2.45, 2.75) is 38.9 Å². The van der Waals surface area contributed by atoms with Crippen LogP contribution in [0.3, 0.4) is 0 Å². The number of fused-ring (bicyclic) bond motifs is 1. The molecule has 1 saturated heterocycles. The molecule has 1 aliphatic carbocycles. The molecule has 3 rings (SSSR count). The highest BCUT2D eigenvalue weighted by Gasteiger charge is 2.53. The van der Waals surface area contributed by atoms with Crippen molar-refractivity contribution in [2.24, 2.45) is 10.2 Å². The van der Waals surface area contributed by atoms with E-state index in [2.05, 4.69) is 37.9 Å². The highest BCUT2D eigenvalue weighted by Crippen LogP contribution is 2.40. The van der Waals surface area contributed by atoms with Gasteiger partial charge in [-0.25, -0.2) is 0 Å². The Morgan fingerprint density at radius 3 is 2.32 bits per heavy atom. The van der Waals surface area contributed by atoms with Gasteiger partial charge in [-0.2, -0.15) is 10.2 Å². The van der Waals surface area contributed by atoms with Crippen LogP contribution in [0.1, 0.15) is 27.7 Å². The third kappa shape index (κ3) is 2.31. The van der Waals surface area contributed by atoms with Crippen molar-refractivity contribution in [1.29, 1.82) is 0 Å². The highest BCUT2D eigenvalue weighted by molar-refractivity contribution is 6.55. The summed E-state index contributed by atoms with van der Waals surface area (Å²) >= 11 is 0. The second-order valence-corrected chi connectivity index (χ2v) is 5.75. The lowest BCUT2D eigenvalue weighted by atomic mass is 9.69. The van der Waals surface area contributed by atoms with E-state index in [1.54, 1.807) is 6.21 Å². The average Bonchev–Trinajstić information content (AvgIpc) is 2.80. The van der Waals surface area contributed by atoms with Gasteiger partial charge in [-0.15, -0.1) is 12.4 Å². The predicted molar refractivity (Wildman–Crippen MR) is 79.7 cm³/mol. The van der Waals surface area contributed by atoms with Gasteiger partial charge in [-0.05, 0) is 33.8 Å². The maximum absolute atomic E-state index is 6.01. The Morgan fingerprint density at radius 2 is 1.68 bits per heavy atom. The van der Waals surface area contributed by atoms with Crippen molar-refractivity contribution in [2.75, 3.05) is 0 Å². The van der Waals surface area contributed by atoms with E-state index in [-0.39, 0.29) is 30.7 Å². The van der Waals surface area contributed by atoms with Crippen molar-refractivity contribution >= 4 is 31.5 Å². The van der Waals surface area contributed by atoms with E-state index in [1.165, 1.54) is 0 Å². The van der Waals surface area contributed by atoms with Gasteiger partial charge in [0.1, 0.15) is 0 Å². The summed E-state index contributed by atoms with van der Waals surface area (Å²) in [6.45, 7) is 8.21. The van der Waals surface area contributed by atoms with Gasteiger partial charge in [0.2, 0.25) is 0 Å². The number of nitrogens with zero attached hydrogens (tertiary/aromatic N) is 2. The van der Waals surface area contributed by atoms with Gasteiger partial charge in [0.15, 0.2) is 0 Å². The summed E-state index contributed by atoms with van der Waals surface area (Å²) in [6, 6.07) is 0. The molecular weight excluding hydrogens is 262 g/mol. The maximum atomic E-state index is 6.01. The van der Waals surface area contributed by atoms with Gasteiger partial charge in [-0.1, -0.05) is 12.2 Å². The normalized spacial score (nSPS) is 26.8. The molecular formula is C13H17BClN2O2. The van der Waals surface area contributed by atoms with Crippen LogP contribution in [0, 0.1) is 5.82 Å². The van der Waals surface area contributed by atoms with Crippen LogP contribution in [0.4, 0.5) is 0 Å². The third-order valence-electron chi connectivity index (χ3n) is 3.94. The minimum atomic E-state index is -0.325. The first-order valence-electron chi connectivity index (χ1n) is 6.13. The van der Waals surface area contributed by atoms with Gasteiger partial charge in [0.25, 0.3) is 0 Å². The van der Waals surface area contributed by atoms with Gasteiger partial charge < -0.3 is 9.31 Å². The minimum Gasteiger partial charge on any atom is -0.402 e. The molecule has 0 unspecified atom stereocenters. The molecule has 4 nitrogen and oxygen atoms in total. The lowest BCUT2D eigenvalue weighted by Gasteiger charge is -2.32. The molecule has 0 spiro atoms. The Kier molecular flexibility index (Phi) is 3.50. The summed E-state index contributed by atoms with van der Waals surface area (Å²) in [5.41, 5.74) is 1.29. The van der Waals surface area contributed by atoms with Crippen LogP contribution in [0.5, 0.6) is 0 Å². The molecule has 1 radical (unpaired) electrons. The molecule has 19 heavy (non-hydrogen) atoms. The van der Waals surface area contributed by atoms with Crippen LogP contribution in [-0.4, -0.2) is 30.2 Å². The summed E-state index contributed by atoms with van der Waals surface area (Å²) in [7, 11) is -0.325. The molecule has 0 atom stereocenters. The summed E-state index contributed by atoms with van der Waals surface area (Å²) < 4.78 is 12.0.